The fourth-order valence-corrected chi connectivity index (χ4v) is 4.06. The molecular formula is C12H12F3N5OS. The lowest BCUT2D eigenvalue weighted by Crippen LogP contribution is -2.45. The molecule has 0 bridgehead atoms. The molecule has 4 rings (SSSR count). The molecule has 118 valence electrons. The monoisotopic (exact) mass is 331 g/mol. The molecule has 0 aliphatic carbocycles. The molecule has 0 aromatic carbocycles. The second-order valence-corrected chi connectivity index (χ2v) is 6.59. The lowest BCUT2D eigenvalue weighted by atomic mass is 9.80. The summed E-state index contributed by atoms with van der Waals surface area (Å²) < 4.78 is 45.3. The van der Waals surface area contributed by atoms with Gasteiger partial charge in [-0.25, -0.2) is 0 Å². The number of hydrogen-bond acceptors (Lipinski definition) is 7. The third-order valence-corrected chi connectivity index (χ3v) is 5.44. The van der Waals surface area contributed by atoms with Crippen molar-refractivity contribution in [3.63, 3.8) is 0 Å². The lowest BCUT2D eigenvalue weighted by Gasteiger charge is -2.30. The van der Waals surface area contributed by atoms with Gasteiger partial charge in [-0.2, -0.15) is 13.2 Å². The largest absolute Gasteiger partial charge is 0.397 e. The van der Waals surface area contributed by atoms with Crippen molar-refractivity contribution in [2.24, 2.45) is 11.3 Å². The van der Waals surface area contributed by atoms with Gasteiger partial charge in [-0.1, -0.05) is 16.5 Å². The van der Waals surface area contributed by atoms with Gasteiger partial charge in [0.25, 0.3) is 0 Å². The Balaban J connectivity index is 1.61. The minimum Gasteiger partial charge on any atom is -0.364 e. The number of halogens is 3. The molecule has 4 heterocycles. The average molecular weight is 331 g/mol. The van der Waals surface area contributed by atoms with E-state index in [1.54, 1.807) is 11.0 Å². The van der Waals surface area contributed by atoms with Crippen LogP contribution in [0.3, 0.4) is 0 Å². The Hall–Kier alpha value is -1.68. The Bertz CT molecular complexity index is 673. The van der Waals surface area contributed by atoms with Gasteiger partial charge in [0.05, 0.1) is 0 Å². The van der Waals surface area contributed by atoms with Gasteiger partial charge in [-0.15, -0.1) is 10.2 Å². The Morgan fingerprint density at radius 3 is 2.95 bits per heavy atom. The summed E-state index contributed by atoms with van der Waals surface area (Å²) in [7, 11) is 0. The van der Waals surface area contributed by atoms with Crippen LogP contribution >= 0.6 is 11.3 Å². The first-order chi connectivity index (χ1) is 10.5. The fourth-order valence-electron chi connectivity index (χ4n) is 3.24. The Kier molecular flexibility index (Phi) is 2.95. The Morgan fingerprint density at radius 1 is 1.41 bits per heavy atom. The number of aromatic nitrogens is 3. The molecule has 2 aromatic rings. The number of fused-ring (bicyclic) bond motifs is 1. The molecule has 0 spiro atoms. The molecule has 2 aliphatic rings. The van der Waals surface area contributed by atoms with Crippen LogP contribution in [0.2, 0.25) is 0 Å². The van der Waals surface area contributed by atoms with Crippen molar-refractivity contribution < 1.29 is 17.7 Å². The minimum absolute atomic E-state index is 0.0351. The minimum atomic E-state index is -4.23. The zero-order valence-corrected chi connectivity index (χ0v) is 12.1. The predicted molar refractivity (Wildman–Crippen MR) is 72.5 cm³/mol. The molecule has 6 nitrogen and oxygen atoms in total. The van der Waals surface area contributed by atoms with Crippen LogP contribution in [0, 0.1) is 11.3 Å². The van der Waals surface area contributed by atoms with Crippen LogP contribution in [0.15, 0.2) is 16.9 Å². The zero-order chi connectivity index (χ0) is 15.4. The number of rotatable bonds is 2. The topological polar surface area (TPSA) is 67.1 Å². The molecular weight excluding hydrogens is 319 g/mol. The third-order valence-electron chi connectivity index (χ3n) is 4.43. The van der Waals surface area contributed by atoms with Gasteiger partial charge in [0.15, 0.2) is 5.01 Å². The van der Waals surface area contributed by atoms with Crippen molar-refractivity contribution in [2.45, 2.75) is 6.18 Å². The highest BCUT2D eigenvalue weighted by Gasteiger charge is 2.65. The van der Waals surface area contributed by atoms with Gasteiger partial charge in [0.1, 0.15) is 17.4 Å². The van der Waals surface area contributed by atoms with Gasteiger partial charge in [0, 0.05) is 38.2 Å². The maximum Gasteiger partial charge on any atom is 0.397 e. The molecule has 2 aliphatic heterocycles. The molecule has 2 saturated heterocycles. The van der Waals surface area contributed by atoms with E-state index in [1.807, 2.05) is 0 Å². The van der Waals surface area contributed by atoms with Gasteiger partial charge in [-0.05, 0) is 0 Å². The normalized spacial score (nSPS) is 28.3. The van der Waals surface area contributed by atoms with Crippen molar-refractivity contribution in [3.8, 4) is 10.7 Å². The smallest absolute Gasteiger partial charge is 0.364 e. The van der Waals surface area contributed by atoms with E-state index >= 15 is 0 Å². The summed E-state index contributed by atoms with van der Waals surface area (Å²) in [4.78, 5) is 1.68. The number of hydrogen-bond donors (Lipinski definition) is 1. The molecule has 10 heteroatoms. The van der Waals surface area contributed by atoms with E-state index < -0.39 is 17.5 Å². The highest BCUT2D eigenvalue weighted by molar-refractivity contribution is 7.18. The van der Waals surface area contributed by atoms with Crippen molar-refractivity contribution in [1.29, 1.82) is 0 Å². The van der Waals surface area contributed by atoms with Crippen molar-refractivity contribution >= 4 is 16.5 Å². The molecule has 0 saturated carbocycles. The van der Waals surface area contributed by atoms with Crippen LogP contribution in [0.5, 0.6) is 0 Å². The first-order valence-corrected chi connectivity index (χ1v) is 7.58. The molecule has 1 N–H and O–H groups in total. The van der Waals surface area contributed by atoms with Gasteiger partial charge in [0.2, 0.25) is 5.13 Å². The first-order valence-electron chi connectivity index (χ1n) is 6.76. The van der Waals surface area contributed by atoms with E-state index in [9.17, 15) is 13.2 Å². The summed E-state index contributed by atoms with van der Waals surface area (Å²) in [6.45, 7) is 0.596. The summed E-state index contributed by atoms with van der Waals surface area (Å²) in [5.41, 5.74) is -1.15. The second kappa shape index (κ2) is 4.66. The van der Waals surface area contributed by atoms with E-state index in [0.29, 0.717) is 28.9 Å². The summed E-state index contributed by atoms with van der Waals surface area (Å²) in [6, 6.07) is 1.64. The standard InChI is InChI=1S/C12H12F3N5OS/c13-12(14,15)11-5-16-3-7(11)4-20(6-11)10-18-17-9(22-10)8-1-2-21-19-8/h1-2,7,16H,3-6H2/t7-,11-/m0/s1. The Morgan fingerprint density at radius 2 is 2.27 bits per heavy atom. The van der Waals surface area contributed by atoms with E-state index in [1.165, 1.54) is 17.6 Å². The molecule has 2 aromatic heterocycles. The maximum atomic E-state index is 13.5. The van der Waals surface area contributed by atoms with Crippen molar-refractivity contribution in [2.75, 3.05) is 31.1 Å². The molecule has 0 amide bonds. The quantitative estimate of drug-likeness (QED) is 0.905. The SMILES string of the molecule is FC(F)(F)[C@]12CNC[C@H]1CN(c1nnc(-c3ccon3)s1)C2. The van der Waals surface area contributed by atoms with Crippen LogP contribution in [0.1, 0.15) is 0 Å². The Labute approximate surface area is 127 Å². The van der Waals surface area contributed by atoms with Crippen LogP contribution in [-0.4, -0.2) is 47.7 Å². The third kappa shape index (κ3) is 1.93. The number of anilines is 1. The van der Waals surface area contributed by atoms with Crippen LogP contribution in [0.25, 0.3) is 10.7 Å². The van der Waals surface area contributed by atoms with E-state index in [4.69, 9.17) is 4.52 Å². The average Bonchev–Trinajstić information content (AvgIpc) is 3.20. The van der Waals surface area contributed by atoms with Crippen LogP contribution in [0.4, 0.5) is 18.3 Å². The van der Waals surface area contributed by atoms with Gasteiger partial charge >= 0.3 is 6.18 Å². The molecule has 0 unspecified atom stereocenters. The lowest BCUT2D eigenvalue weighted by molar-refractivity contribution is -0.218. The first kappa shape index (κ1) is 13.9. The number of nitrogens with one attached hydrogen (secondary N) is 1. The second-order valence-electron chi connectivity index (χ2n) is 5.64. The number of nitrogens with zero attached hydrogens (tertiary/aromatic N) is 4. The summed E-state index contributed by atoms with van der Waals surface area (Å²) in [5.74, 6) is -0.452. The predicted octanol–water partition coefficient (Wildman–Crippen LogP) is 1.78. The fraction of sp³-hybridized carbons (Fsp3) is 0.583. The number of alkyl halides is 3. The van der Waals surface area contributed by atoms with Crippen molar-refractivity contribution in [1.82, 2.24) is 20.7 Å². The van der Waals surface area contributed by atoms with E-state index in [2.05, 4.69) is 20.7 Å². The maximum absolute atomic E-state index is 13.5. The summed E-state index contributed by atoms with van der Waals surface area (Å²) in [6.07, 6.45) is -2.81. The van der Waals surface area contributed by atoms with Crippen LogP contribution < -0.4 is 10.2 Å². The molecule has 2 fully saturated rings. The highest BCUT2D eigenvalue weighted by atomic mass is 32.1. The molecule has 22 heavy (non-hydrogen) atoms. The van der Waals surface area contributed by atoms with E-state index in [0.717, 1.165) is 0 Å². The summed E-state index contributed by atoms with van der Waals surface area (Å²) >= 11 is 1.23. The highest BCUT2D eigenvalue weighted by Crippen LogP contribution is 2.51. The van der Waals surface area contributed by atoms with Crippen molar-refractivity contribution in [3.05, 3.63) is 12.3 Å². The molecule has 0 radical (unpaired) electrons. The van der Waals surface area contributed by atoms with Gasteiger partial charge < -0.3 is 14.7 Å². The van der Waals surface area contributed by atoms with Gasteiger partial charge in [-0.3, -0.25) is 0 Å². The van der Waals surface area contributed by atoms with Crippen LogP contribution in [-0.2, 0) is 0 Å². The zero-order valence-electron chi connectivity index (χ0n) is 11.3. The summed E-state index contributed by atoms with van der Waals surface area (Å²) in [5, 5.41) is 15.7. The molecule has 2 atom stereocenters. The van der Waals surface area contributed by atoms with E-state index in [-0.39, 0.29) is 13.1 Å².